The first-order chi connectivity index (χ1) is 59.8. The second kappa shape index (κ2) is 54.9. The van der Waals surface area contributed by atoms with Gasteiger partial charge in [-0.15, -0.1) is 0 Å². The molecular weight excluding hydrogens is 1690 g/mol. The number of carboxylic acids is 3. The summed E-state index contributed by atoms with van der Waals surface area (Å²) in [7, 11) is 0. The minimum Gasteiger partial charge on any atom is -0.481 e. The molecule has 0 saturated carbocycles. The number of amides is 18. The van der Waals surface area contributed by atoms with E-state index < -0.39 is 277 Å². The summed E-state index contributed by atoms with van der Waals surface area (Å²) >= 11 is 0. The fraction of sp³-hybridized carbons (Fsp3) is 0.579. The van der Waals surface area contributed by atoms with Gasteiger partial charge in [-0.1, -0.05) is 18.2 Å². The highest BCUT2D eigenvalue weighted by molar-refractivity contribution is 6.02. The average molecular weight is 1810 g/mol. The summed E-state index contributed by atoms with van der Waals surface area (Å²) in [5.74, 6) is -23.1. The number of hydrogen-bond acceptors (Lipinski definition) is 24. The number of aliphatic carboxylic acids is 3. The summed E-state index contributed by atoms with van der Waals surface area (Å²) in [5.41, 5.74) is 22.8. The van der Waals surface area contributed by atoms with Gasteiger partial charge in [-0.25, -0.2) is 0 Å². The molecule has 0 unspecified atom stereocenters. The van der Waals surface area contributed by atoms with Gasteiger partial charge >= 0.3 is 17.9 Å². The third-order valence-corrected chi connectivity index (χ3v) is 19.0. The Hall–Kier alpha value is -14.6. The zero-order valence-electron chi connectivity index (χ0n) is 72.7. The van der Waals surface area contributed by atoms with Crippen LogP contribution in [0.15, 0.2) is 30.5 Å². The molecule has 0 aliphatic carbocycles. The van der Waals surface area contributed by atoms with E-state index >= 15 is 0 Å². The lowest BCUT2D eigenvalue weighted by atomic mass is 10.0. The van der Waals surface area contributed by atoms with Gasteiger partial charge < -0.3 is 150 Å². The van der Waals surface area contributed by atoms with Crippen molar-refractivity contribution in [3.8, 4) is 0 Å². The van der Waals surface area contributed by atoms with Gasteiger partial charge in [0.15, 0.2) is 17.9 Å². The number of carboxylic acid groups (broad SMARTS) is 3. The number of nitrogens with one attached hydrogen (secondary N) is 24. The Morgan fingerprint density at radius 1 is 0.305 bits per heavy atom. The maximum Gasteiger partial charge on any atom is 0.303 e. The van der Waals surface area contributed by atoms with Crippen LogP contribution < -0.4 is 129 Å². The van der Waals surface area contributed by atoms with Crippen molar-refractivity contribution >= 4 is 153 Å². The minimum atomic E-state index is -1.77. The number of guanidine groups is 3. The van der Waals surface area contributed by atoms with E-state index in [9.17, 15) is 116 Å². The van der Waals surface area contributed by atoms with Gasteiger partial charge in [-0.3, -0.25) is 117 Å². The number of benzene rings is 1. The lowest BCUT2D eigenvalue weighted by Crippen LogP contribution is -2.60. The highest BCUT2D eigenvalue weighted by Crippen LogP contribution is 2.20. The number of para-hydroxylation sites is 1. The minimum absolute atomic E-state index is 0.0109. The predicted octanol–water partition coefficient (Wildman–Crippen LogP) is -9.96. The Balaban J connectivity index is 2.21. The van der Waals surface area contributed by atoms with Crippen molar-refractivity contribution in [1.29, 1.82) is 16.2 Å². The number of aromatic nitrogens is 1. The molecule has 710 valence electrons. The Morgan fingerprint density at radius 2 is 0.523 bits per heavy atom. The van der Waals surface area contributed by atoms with Crippen LogP contribution in [0.3, 0.4) is 0 Å². The summed E-state index contributed by atoms with van der Waals surface area (Å²) in [6, 6.07) is -18.1. The zero-order chi connectivity index (χ0) is 97.1. The first-order valence-electron chi connectivity index (χ1n) is 40.7. The number of aromatic amines is 1. The lowest BCUT2D eigenvalue weighted by Gasteiger charge is -2.26. The van der Waals surface area contributed by atoms with Crippen LogP contribution in [-0.2, 0) is 107 Å². The van der Waals surface area contributed by atoms with Crippen molar-refractivity contribution in [3.63, 3.8) is 0 Å². The van der Waals surface area contributed by atoms with Gasteiger partial charge in [-0.2, -0.15) is 0 Å². The molecule has 18 amide bonds. The molecule has 1 aromatic carbocycles. The molecule has 35 N–H and O–H groups in total. The maximum absolute atomic E-state index is 14.1. The topological polar surface area (TPSA) is 851 Å². The molecule has 0 aliphatic heterocycles. The average Bonchev–Trinajstić information content (AvgIpc) is 1.69. The monoisotopic (exact) mass is 1810 g/mol. The van der Waals surface area contributed by atoms with Crippen LogP contribution >= 0.6 is 0 Å². The number of primary amides is 1. The van der Waals surface area contributed by atoms with Crippen LogP contribution in [0.2, 0.25) is 0 Å². The number of rotatable bonds is 57. The van der Waals surface area contributed by atoms with Crippen molar-refractivity contribution in [3.05, 3.63) is 36.0 Å². The van der Waals surface area contributed by atoms with Crippen molar-refractivity contribution in [2.75, 3.05) is 19.6 Å². The van der Waals surface area contributed by atoms with E-state index in [2.05, 4.69) is 111 Å². The molecule has 1 aromatic heterocycles. The molecule has 2 rings (SSSR count). The van der Waals surface area contributed by atoms with Gasteiger partial charge in [0, 0.05) is 69.3 Å². The van der Waals surface area contributed by atoms with E-state index in [1.54, 1.807) is 30.5 Å². The molecular formula is C76H122N28O24. The highest BCUT2D eigenvalue weighted by atomic mass is 16.4. The molecule has 0 spiro atoms. The predicted molar refractivity (Wildman–Crippen MR) is 454 cm³/mol. The molecule has 0 saturated heterocycles. The molecule has 2 aromatic rings. The summed E-state index contributed by atoms with van der Waals surface area (Å²) in [5, 5.41) is 99.8. The summed E-state index contributed by atoms with van der Waals surface area (Å²) in [4.78, 5) is 280. The number of nitrogens with two attached hydrogens (primary N) is 4. The van der Waals surface area contributed by atoms with Crippen LogP contribution in [0.4, 0.5) is 0 Å². The fourth-order valence-corrected chi connectivity index (χ4v) is 11.6. The van der Waals surface area contributed by atoms with Crippen LogP contribution in [0.1, 0.15) is 159 Å². The first kappa shape index (κ1) is 110. The van der Waals surface area contributed by atoms with Gasteiger partial charge in [0.2, 0.25) is 106 Å². The SMILES string of the molecule is CC(=O)N[C@@H](Cc1c[nH]c2ccccc12)C(=O)N[C@@H](CCC(=O)O)C(=O)N[C@@H](C)C(=O)N[C@@H](C)C(=O)N[C@@H](C)C(=O)N[C@@H](CCCNC(=N)N)C(=O)N[C@@H](CCC(=O)O)C(=O)N[C@@H](C)C(=O)N[C@@H](C)C(=O)N[C@@H](C)C(=O)N[C@@H](CCCNC(=N)N)C(=O)N[C@@H](CCC(=O)O)C(=O)N[C@@H](C)C(=O)N[C@@H](C)C(=O)N[C@@H](C)C(=O)N[C@@H](CCCNC(=N)N)C(=O)N[C@@H](C)C(N)=O. The lowest BCUT2D eigenvalue weighted by molar-refractivity contribution is -0.139. The summed E-state index contributed by atoms with van der Waals surface area (Å²) < 4.78 is 0. The number of H-pyrrole nitrogens is 1. The quantitative estimate of drug-likeness (QED) is 0.0166. The van der Waals surface area contributed by atoms with Gasteiger partial charge in [0.05, 0.1) is 0 Å². The molecule has 17 atom stereocenters. The number of fused-ring (bicyclic) bond motifs is 1. The van der Waals surface area contributed by atoms with E-state index in [0.717, 1.165) is 38.6 Å². The molecule has 1 heterocycles. The van der Waals surface area contributed by atoms with Crippen molar-refractivity contribution in [2.24, 2.45) is 22.9 Å². The van der Waals surface area contributed by atoms with Crippen molar-refractivity contribution in [2.45, 2.75) is 262 Å². The van der Waals surface area contributed by atoms with Crippen molar-refractivity contribution < 1.29 is 116 Å². The largest absolute Gasteiger partial charge is 0.481 e. The summed E-state index contributed by atoms with van der Waals surface area (Å²) in [6.07, 6.45) is -2.63. The van der Waals surface area contributed by atoms with E-state index in [-0.39, 0.29) is 70.5 Å². The van der Waals surface area contributed by atoms with Gasteiger partial charge in [0.1, 0.15) is 103 Å². The molecule has 52 heteroatoms. The Labute approximate surface area is 734 Å². The van der Waals surface area contributed by atoms with E-state index in [1.807, 2.05) is 0 Å². The highest BCUT2D eigenvalue weighted by Gasteiger charge is 2.37. The summed E-state index contributed by atoms with van der Waals surface area (Å²) in [6.45, 7) is 13.2. The van der Waals surface area contributed by atoms with E-state index in [1.165, 1.54) is 48.5 Å². The number of hydrogen-bond donors (Lipinski definition) is 31. The first-order valence-corrected chi connectivity index (χ1v) is 40.7. The number of carbonyl (C=O) groups is 21. The molecule has 128 heavy (non-hydrogen) atoms. The maximum atomic E-state index is 14.1. The smallest absolute Gasteiger partial charge is 0.303 e. The molecule has 0 bridgehead atoms. The normalized spacial score (nSPS) is 14.8. The van der Waals surface area contributed by atoms with E-state index in [4.69, 9.17) is 39.2 Å². The van der Waals surface area contributed by atoms with Gasteiger partial charge in [-0.05, 0) is 139 Å². The second-order valence-corrected chi connectivity index (χ2v) is 30.1. The molecule has 0 radical (unpaired) electrons. The standard InChI is InChI=1S/C76H122N28O24/c1-33(57(77)112)88-67(122)47(19-14-28-84-74(78)79)99-64(119)40(8)92-58(113)34(2)89-61(116)37(5)95-68(123)50(22-25-54(106)107)102-71(126)48(20-15-29-85-75(80)81)100-65(120)41(9)93-59(114)35(3)90-62(117)38(6)96-69(124)51(23-26-55(108)109)103-72(127)49(21-16-30-86-76(82)83)101-66(121)42(10)94-60(115)36(4)91-63(118)39(7)97-70(125)52(24-27-56(110)111)104-73(128)53(98-43(11)105)31-44-32-87-46-18-13-12-17-45(44)46/h12-13,17-18,32-42,47-53,87H,14-16,19-31H2,1-11H3,(H2,77,112)(H,88,122)(H,89,116)(H,90,117)(H,91,118)(H,92,113)(H,93,114)(H,94,115)(H,95,123)(H,96,124)(H,97,125)(H,98,105)(H,99,119)(H,100,120)(H,101,121)(H,102,126)(H,103,127)(H,104,128)(H,106,107)(H,108,109)(H,110,111)(H4,78,79,84)(H4,80,81,85)(H4,82,83,86)/t33-,34-,35-,36-,37-,38-,39-,40-,41-,42-,47-,48-,49-,50-,51-,52-,53-/m0/s1. The van der Waals surface area contributed by atoms with Crippen LogP contribution in [0, 0.1) is 16.2 Å². The molecule has 0 fully saturated rings. The van der Waals surface area contributed by atoms with Crippen LogP contribution in [0.25, 0.3) is 10.9 Å². The number of carbonyl (C=O) groups excluding carboxylic acids is 18. The van der Waals surface area contributed by atoms with Gasteiger partial charge in [0.25, 0.3) is 0 Å². The zero-order valence-corrected chi connectivity index (χ0v) is 72.7. The molecule has 0 aliphatic rings. The van der Waals surface area contributed by atoms with E-state index in [0.29, 0.717) is 5.56 Å². The fourth-order valence-electron chi connectivity index (χ4n) is 11.6. The Bertz CT molecular complexity index is 4350. The Morgan fingerprint density at radius 3 is 0.773 bits per heavy atom. The molecule has 52 nitrogen and oxygen atoms in total. The Kier molecular flexibility index (Phi) is 47.0. The van der Waals surface area contributed by atoms with Crippen molar-refractivity contribution in [1.82, 2.24) is 111 Å². The third-order valence-electron chi connectivity index (χ3n) is 19.0. The second-order valence-electron chi connectivity index (χ2n) is 30.1. The van der Waals surface area contributed by atoms with Crippen LogP contribution in [0.5, 0.6) is 0 Å². The third kappa shape index (κ3) is 41.3. The van der Waals surface area contributed by atoms with Crippen LogP contribution in [-0.4, -0.2) is 285 Å².